The molecule has 0 radical (unpaired) electrons. The van der Waals surface area contributed by atoms with E-state index in [9.17, 15) is 14.0 Å². The maximum Gasteiger partial charge on any atom is 0.226 e. The molecule has 0 atom stereocenters. The third-order valence-corrected chi connectivity index (χ3v) is 8.63. The molecule has 1 N–H and O–H groups in total. The molecule has 3 fully saturated rings. The van der Waals surface area contributed by atoms with E-state index < -0.39 is 0 Å². The van der Waals surface area contributed by atoms with Crippen LogP contribution in [0.4, 0.5) is 4.39 Å². The van der Waals surface area contributed by atoms with E-state index >= 15 is 0 Å². The van der Waals surface area contributed by atoms with Crippen molar-refractivity contribution in [2.45, 2.75) is 90.0 Å². The van der Waals surface area contributed by atoms with E-state index in [0.717, 1.165) is 64.1 Å². The van der Waals surface area contributed by atoms with Gasteiger partial charge < -0.3 is 10.2 Å². The molecule has 1 heterocycles. The lowest BCUT2D eigenvalue weighted by Crippen LogP contribution is -2.46. The Balaban J connectivity index is 1.13. The predicted molar refractivity (Wildman–Crippen MR) is 130 cm³/mol. The van der Waals surface area contributed by atoms with E-state index in [1.807, 2.05) is 0 Å². The van der Waals surface area contributed by atoms with Crippen molar-refractivity contribution in [3.05, 3.63) is 35.6 Å². The zero-order chi connectivity index (χ0) is 23.3. The van der Waals surface area contributed by atoms with Crippen LogP contribution in [0.15, 0.2) is 24.3 Å². The van der Waals surface area contributed by atoms with Gasteiger partial charge in [0.05, 0.1) is 0 Å². The first-order valence-corrected chi connectivity index (χ1v) is 13.3. The summed E-state index contributed by atoms with van der Waals surface area (Å²) < 4.78 is 13.1. The molecule has 1 saturated heterocycles. The molecule has 1 aliphatic heterocycles. The van der Waals surface area contributed by atoms with E-state index in [1.54, 1.807) is 12.1 Å². The van der Waals surface area contributed by atoms with Crippen LogP contribution in [0.3, 0.4) is 0 Å². The molecule has 2 saturated carbocycles. The monoisotopic (exact) mass is 456 g/mol. The van der Waals surface area contributed by atoms with Crippen molar-refractivity contribution in [1.29, 1.82) is 0 Å². The summed E-state index contributed by atoms with van der Waals surface area (Å²) in [5.74, 6) is 0.982. The molecule has 0 aromatic heterocycles. The van der Waals surface area contributed by atoms with Gasteiger partial charge in [-0.05, 0) is 108 Å². The van der Waals surface area contributed by atoms with Gasteiger partial charge >= 0.3 is 0 Å². The molecule has 0 bridgehead atoms. The van der Waals surface area contributed by atoms with Gasteiger partial charge in [0.2, 0.25) is 5.91 Å². The number of benzene rings is 1. The summed E-state index contributed by atoms with van der Waals surface area (Å²) in [5.41, 5.74) is 0.496. The van der Waals surface area contributed by atoms with Gasteiger partial charge in [0, 0.05) is 22.9 Å². The number of ketones is 1. The average Bonchev–Trinajstić information content (AvgIpc) is 2.84. The SMILES string of the molecule is CC1(C(=O)N[C@H]2CC[C@H](CCN3CCC(C(=O)c4ccc(F)cc4)CC3)CC2)CCCCC1. The topological polar surface area (TPSA) is 49.4 Å². The number of nitrogens with one attached hydrogen (secondary N) is 1. The molecule has 182 valence electrons. The zero-order valence-corrected chi connectivity index (χ0v) is 20.3. The molecule has 1 amide bonds. The van der Waals surface area contributed by atoms with Crippen molar-refractivity contribution in [3.63, 3.8) is 0 Å². The Morgan fingerprint density at radius 1 is 0.970 bits per heavy atom. The lowest BCUT2D eigenvalue weighted by molar-refractivity contribution is -0.132. The molecule has 33 heavy (non-hydrogen) atoms. The Bertz CT molecular complexity index is 787. The molecule has 3 aliphatic rings. The number of hydrogen-bond acceptors (Lipinski definition) is 3. The second kappa shape index (κ2) is 11.1. The summed E-state index contributed by atoms with van der Waals surface area (Å²) in [4.78, 5) is 28.0. The first kappa shape index (κ1) is 24.4. The highest BCUT2D eigenvalue weighted by Crippen LogP contribution is 2.37. The van der Waals surface area contributed by atoms with Crippen molar-refractivity contribution < 1.29 is 14.0 Å². The van der Waals surface area contributed by atoms with Gasteiger partial charge in [-0.2, -0.15) is 0 Å². The number of hydrogen-bond donors (Lipinski definition) is 1. The van der Waals surface area contributed by atoms with Crippen LogP contribution in [0.25, 0.3) is 0 Å². The fraction of sp³-hybridized carbons (Fsp3) is 0.714. The number of likely N-dealkylation sites (tertiary alicyclic amines) is 1. The highest BCUT2D eigenvalue weighted by molar-refractivity contribution is 5.97. The molecule has 4 rings (SSSR count). The zero-order valence-electron chi connectivity index (χ0n) is 20.3. The van der Waals surface area contributed by atoms with Crippen LogP contribution in [0.2, 0.25) is 0 Å². The fourth-order valence-corrected chi connectivity index (χ4v) is 6.15. The number of halogens is 1. The number of amides is 1. The third kappa shape index (κ3) is 6.44. The van der Waals surface area contributed by atoms with Crippen LogP contribution < -0.4 is 5.32 Å². The first-order valence-electron chi connectivity index (χ1n) is 13.3. The molecular weight excluding hydrogens is 415 g/mol. The number of carbonyl (C=O) groups excluding carboxylic acids is 2. The number of nitrogens with zero attached hydrogens (tertiary/aromatic N) is 1. The lowest BCUT2D eigenvalue weighted by Gasteiger charge is -2.36. The van der Waals surface area contributed by atoms with Gasteiger partial charge in [-0.25, -0.2) is 4.39 Å². The van der Waals surface area contributed by atoms with E-state index in [2.05, 4.69) is 17.1 Å². The third-order valence-electron chi connectivity index (χ3n) is 8.63. The quantitative estimate of drug-likeness (QED) is 0.531. The first-order chi connectivity index (χ1) is 15.9. The Morgan fingerprint density at radius 3 is 2.24 bits per heavy atom. The maximum atomic E-state index is 13.1. The Morgan fingerprint density at radius 2 is 1.61 bits per heavy atom. The molecule has 1 aromatic rings. The standard InChI is InChI=1S/C28H41FN2O2/c1-28(16-3-2-4-17-28)27(33)30-25-11-5-21(6-12-25)13-18-31-19-14-23(15-20-31)26(32)22-7-9-24(29)10-8-22/h7-10,21,23,25H,2-6,11-20H2,1H3,(H,30,33)/t21-,25-. The Labute approximate surface area is 198 Å². The van der Waals surface area contributed by atoms with Crippen molar-refractivity contribution in [2.24, 2.45) is 17.3 Å². The summed E-state index contributed by atoms with van der Waals surface area (Å²) in [6, 6.07) is 6.33. The van der Waals surface area contributed by atoms with Gasteiger partial charge in [-0.3, -0.25) is 9.59 Å². The highest BCUT2D eigenvalue weighted by atomic mass is 19.1. The van der Waals surface area contributed by atoms with Crippen LogP contribution in [-0.2, 0) is 4.79 Å². The van der Waals surface area contributed by atoms with Crippen molar-refractivity contribution in [3.8, 4) is 0 Å². The predicted octanol–water partition coefficient (Wildman–Crippen LogP) is 5.76. The van der Waals surface area contributed by atoms with E-state index in [-0.39, 0.29) is 22.9 Å². The van der Waals surface area contributed by atoms with Crippen molar-refractivity contribution in [2.75, 3.05) is 19.6 Å². The van der Waals surface area contributed by atoms with E-state index in [0.29, 0.717) is 17.5 Å². The molecule has 4 nitrogen and oxygen atoms in total. The van der Waals surface area contributed by atoms with Crippen LogP contribution >= 0.6 is 0 Å². The van der Waals surface area contributed by atoms with Crippen LogP contribution in [0.5, 0.6) is 0 Å². The summed E-state index contributed by atoms with van der Waals surface area (Å²) in [6.45, 7) is 5.21. The smallest absolute Gasteiger partial charge is 0.226 e. The minimum absolute atomic E-state index is 0.0665. The minimum Gasteiger partial charge on any atom is -0.353 e. The van der Waals surface area contributed by atoms with Crippen LogP contribution in [0.1, 0.15) is 94.3 Å². The highest BCUT2D eigenvalue weighted by Gasteiger charge is 2.36. The lowest BCUT2D eigenvalue weighted by atomic mass is 9.74. The number of piperidine rings is 1. The van der Waals surface area contributed by atoms with Gasteiger partial charge in [-0.1, -0.05) is 26.2 Å². The molecular formula is C28H41FN2O2. The number of rotatable bonds is 7. The molecule has 1 aromatic carbocycles. The maximum absolute atomic E-state index is 13.1. The average molecular weight is 457 g/mol. The number of carbonyl (C=O) groups is 2. The Hall–Kier alpha value is -1.75. The van der Waals surface area contributed by atoms with Crippen LogP contribution in [-0.4, -0.2) is 42.3 Å². The molecule has 0 spiro atoms. The summed E-state index contributed by atoms with van der Waals surface area (Å²) >= 11 is 0. The van der Waals surface area contributed by atoms with Gasteiger partial charge in [0.15, 0.2) is 5.78 Å². The normalized spacial score (nSPS) is 26.6. The summed E-state index contributed by atoms with van der Waals surface area (Å²) in [7, 11) is 0. The summed E-state index contributed by atoms with van der Waals surface area (Å²) in [6.07, 6.45) is 13.4. The second-order valence-corrected chi connectivity index (χ2v) is 11.1. The van der Waals surface area contributed by atoms with Gasteiger partial charge in [-0.15, -0.1) is 0 Å². The van der Waals surface area contributed by atoms with E-state index in [4.69, 9.17) is 0 Å². The second-order valence-electron chi connectivity index (χ2n) is 11.1. The number of Topliss-reactive ketones (excluding diaryl/α,β-unsaturated/α-hetero) is 1. The van der Waals surface area contributed by atoms with Gasteiger partial charge in [0.25, 0.3) is 0 Å². The molecule has 0 unspecified atom stereocenters. The van der Waals surface area contributed by atoms with Crippen molar-refractivity contribution in [1.82, 2.24) is 10.2 Å². The van der Waals surface area contributed by atoms with Gasteiger partial charge in [0.1, 0.15) is 5.82 Å². The van der Waals surface area contributed by atoms with Crippen molar-refractivity contribution >= 4 is 11.7 Å². The molecule has 2 aliphatic carbocycles. The Kier molecular flexibility index (Phi) is 8.21. The van der Waals surface area contributed by atoms with E-state index in [1.165, 1.54) is 50.7 Å². The minimum atomic E-state index is -0.295. The largest absolute Gasteiger partial charge is 0.353 e. The fourth-order valence-electron chi connectivity index (χ4n) is 6.15. The van der Waals surface area contributed by atoms with Crippen LogP contribution in [0, 0.1) is 23.1 Å². The summed E-state index contributed by atoms with van der Waals surface area (Å²) in [5, 5.41) is 3.38. The molecule has 5 heteroatoms.